The second-order valence-corrected chi connectivity index (χ2v) is 5.23. The molecule has 1 aliphatic rings. The molecule has 1 aromatic carbocycles. The summed E-state index contributed by atoms with van der Waals surface area (Å²) in [6.45, 7) is 0.498. The van der Waals surface area contributed by atoms with Crippen LogP contribution in [0.2, 0.25) is 0 Å². The molecule has 8 heteroatoms. The van der Waals surface area contributed by atoms with Crippen LogP contribution in [0, 0.1) is 0 Å². The number of carboxylic acid groups (broad SMARTS) is 2. The molecular formula is C15H15N3O5. The van der Waals surface area contributed by atoms with E-state index in [9.17, 15) is 19.8 Å². The quantitative estimate of drug-likeness (QED) is 0.858. The first-order valence-electron chi connectivity index (χ1n) is 7.17. The van der Waals surface area contributed by atoms with Crippen molar-refractivity contribution in [1.82, 2.24) is 15.0 Å². The van der Waals surface area contributed by atoms with Crippen LogP contribution in [0.3, 0.4) is 0 Å². The Bertz CT molecular complexity index is 722. The molecule has 120 valence electrons. The van der Waals surface area contributed by atoms with E-state index in [1.807, 2.05) is 0 Å². The Morgan fingerprint density at radius 3 is 2.57 bits per heavy atom. The third kappa shape index (κ3) is 2.80. The highest BCUT2D eigenvalue weighted by molar-refractivity contribution is 5.87. The Hall–Kier alpha value is -2.74. The van der Waals surface area contributed by atoms with E-state index in [-0.39, 0.29) is 11.4 Å². The molecule has 2 aromatic rings. The largest absolute Gasteiger partial charge is 0.479 e. The smallest absolute Gasteiger partial charge is 0.358 e. The first-order chi connectivity index (χ1) is 11.1. The summed E-state index contributed by atoms with van der Waals surface area (Å²) in [5.74, 6) is -2.39. The molecule has 2 atom stereocenters. The average Bonchev–Trinajstić information content (AvgIpc) is 3.16. The standard InChI is InChI=1S/C15H15N3O5/c19-14(20)11-13(10-7-4-8-23-10)18(17-16-11)12(15(21)22)9-5-2-1-3-6-9/h1-3,5-6,10,12H,4,7-8H2,(H,19,20)(H,21,22). The maximum absolute atomic E-state index is 11.8. The van der Waals surface area contributed by atoms with Crippen molar-refractivity contribution < 1.29 is 24.5 Å². The normalized spacial score (nSPS) is 18.7. The number of benzene rings is 1. The van der Waals surface area contributed by atoms with Gasteiger partial charge in [-0.05, 0) is 18.4 Å². The second-order valence-electron chi connectivity index (χ2n) is 5.23. The van der Waals surface area contributed by atoms with Gasteiger partial charge in [0, 0.05) is 6.61 Å². The molecule has 1 aliphatic heterocycles. The monoisotopic (exact) mass is 317 g/mol. The van der Waals surface area contributed by atoms with Gasteiger partial charge in [0.2, 0.25) is 0 Å². The van der Waals surface area contributed by atoms with E-state index in [1.54, 1.807) is 30.3 Å². The van der Waals surface area contributed by atoms with Crippen molar-refractivity contribution in [2.24, 2.45) is 0 Å². The van der Waals surface area contributed by atoms with Crippen molar-refractivity contribution in [2.45, 2.75) is 25.0 Å². The highest BCUT2D eigenvalue weighted by atomic mass is 16.5. The first-order valence-corrected chi connectivity index (χ1v) is 7.17. The van der Waals surface area contributed by atoms with Crippen LogP contribution in [0.4, 0.5) is 0 Å². The summed E-state index contributed by atoms with van der Waals surface area (Å²) in [6, 6.07) is 7.35. The third-order valence-electron chi connectivity index (χ3n) is 3.76. The van der Waals surface area contributed by atoms with E-state index in [1.165, 1.54) is 0 Å². The Balaban J connectivity index is 2.13. The maximum atomic E-state index is 11.8. The van der Waals surface area contributed by atoms with Crippen LogP contribution < -0.4 is 0 Å². The average molecular weight is 317 g/mol. The molecule has 0 aliphatic carbocycles. The number of rotatable bonds is 5. The lowest BCUT2D eigenvalue weighted by Crippen LogP contribution is -2.25. The SMILES string of the molecule is O=C(O)c1nnn(C(C(=O)O)c2ccccc2)c1C1CCCO1. The molecule has 2 unspecified atom stereocenters. The fourth-order valence-corrected chi connectivity index (χ4v) is 2.76. The summed E-state index contributed by atoms with van der Waals surface area (Å²) in [5.41, 5.74) is 0.423. The van der Waals surface area contributed by atoms with Gasteiger partial charge in [-0.3, -0.25) is 0 Å². The zero-order valence-corrected chi connectivity index (χ0v) is 12.1. The molecule has 0 saturated carbocycles. The summed E-state index contributed by atoms with van der Waals surface area (Å²) in [7, 11) is 0. The van der Waals surface area contributed by atoms with Crippen LogP contribution in [-0.2, 0) is 9.53 Å². The zero-order chi connectivity index (χ0) is 16.4. The van der Waals surface area contributed by atoms with Gasteiger partial charge in [-0.1, -0.05) is 35.5 Å². The van der Waals surface area contributed by atoms with Crippen LogP contribution >= 0.6 is 0 Å². The molecule has 23 heavy (non-hydrogen) atoms. The molecule has 0 spiro atoms. The van der Waals surface area contributed by atoms with Crippen molar-refractivity contribution in [3.63, 3.8) is 0 Å². The van der Waals surface area contributed by atoms with Gasteiger partial charge >= 0.3 is 11.9 Å². The van der Waals surface area contributed by atoms with E-state index >= 15 is 0 Å². The number of nitrogens with zero attached hydrogens (tertiary/aromatic N) is 3. The second kappa shape index (κ2) is 6.17. The zero-order valence-electron chi connectivity index (χ0n) is 12.1. The van der Waals surface area contributed by atoms with Crippen molar-refractivity contribution in [3.05, 3.63) is 47.3 Å². The van der Waals surface area contributed by atoms with Gasteiger partial charge < -0.3 is 14.9 Å². The van der Waals surface area contributed by atoms with Gasteiger partial charge in [-0.25, -0.2) is 14.3 Å². The summed E-state index contributed by atoms with van der Waals surface area (Å²) in [6.07, 6.45) is 0.869. The molecule has 8 nitrogen and oxygen atoms in total. The lowest BCUT2D eigenvalue weighted by atomic mass is 10.1. The van der Waals surface area contributed by atoms with Gasteiger partial charge in [-0.15, -0.1) is 5.10 Å². The van der Waals surface area contributed by atoms with Gasteiger partial charge in [0.25, 0.3) is 0 Å². The number of aromatic carboxylic acids is 1. The van der Waals surface area contributed by atoms with Gasteiger partial charge in [0.15, 0.2) is 11.7 Å². The molecule has 0 radical (unpaired) electrons. The number of aliphatic carboxylic acids is 1. The fourth-order valence-electron chi connectivity index (χ4n) is 2.76. The number of carbonyl (C=O) groups is 2. The van der Waals surface area contributed by atoms with Crippen molar-refractivity contribution in [1.29, 1.82) is 0 Å². The molecule has 2 heterocycles. The summed E-state index contributed by atoms with van der Waals surface area (Å²) in [4.78, 5) is 23.2. The lowest BCUT2D eigenvalue weighted by molar-refractivity contribution is -0.140. The van der Waals surface area contributed by atoms with E-state index < -0.39 is 24.1 Å². The predicted octanol–water partition coefficient (Wildman–Crippen LogP) is 1.50. The van der Waals surface area contributed by atoms with Crippen molar-refractivity contribution >= 4 is 11.9 Å². The number of hydrogen-bond acceptors (Lipinski definition) is 5. The fraction of sp³-hybridized carbons (Fsp3) is 0.333. The number of ether oxygens (including phenoxy) is 1. The number of hydrogen-bond donors (Lipinski definition) is 2. The maximum Gasteiger partial charge on any atom is 0.358 e. The Morgan fingerprint density at radius 1 is 1.26 bits per heavy atom. The first kappa shape index (κ1) is 15.2. The van der Waals surface area contributed by atoms with Gasteiger partial charge in [-0.2, -0.15) is 0 Å². The van der Waals surface area contributed by atoms with Crippen molar-refractivity contribution in [2.75, 3.05) is 6.61 Å². The number of carboxylic acids is 2. The van der Waals surface area contributed by atoms with Crippen LogP contribution in [0.25, 0.3) is 0 Å². The number of aromatic nitrogens is 3. The molecule has 0 amide bonds. The van der Waals surface area contributed by atoms with Crippen molar-refractivity contribution in [3.8, 4) is 0 Å². The van der Waals surface area contributed by atoms with Crippen LogP contribution in [0.15, 0.2) is 30.3 Å². The summed E-state index contributed by atoms with van der Waals surface area (Å²) in [5, 5.41) is 26.4. The minimum Gasteiger partial charge on any atom is -0.479 e. The van der Waals surface area contributed by atoms with E-state index in [0.717, 1.165) is 11.1 Å². The van der Waals surface area contributed by atoms with Crippen LogP contribution in [0.1, 0.15) is 46.7 Å². The molecule has 3 rings (SSSR count). The van der Waals surface area contributed by atoms with Crippen LogP contribution in [-0.4, -0.2) is 43.8 Å². The molecule has 2 N–H and O–H groups in total. The van der Waals surface area contributed by atoms with Gasteiger partial charge in [0.05, 0.1) is 0 Å². The summed E-state index contributed by atoms with van der Waals surface area (Å²) < 4.78 is 6.69. The highest BCUT2D eigenvalue weighted by Crippen LogP contribution is 2.33. The molecule has 1 aromatic heterocycles. The topological polar surface area (TPSA) is 115 Å². The minimum atomic E-state index is -1.25. The highest BCUT2D eigenvalue weighted by Gasteiger charge is 2.35. The molecular weight excluding hydrogens is 302 g/mol. The van der Waals surface area contributed by atoms with E-state index in [2.05, 4.69) is 10.3 Å². The Morgan fingerprint density at radius 2 is 2.00 bits per heavy atom. The van der Waals surface area contributed by atoms with Crippen LogP contribution in [0.5, 0.6) is 0 Å². The third-order valence-corrected chi connectivity index (χ3v) is 3.76. The predicted molar refractivity (Wildman–Crippen MR) is 77.1 cm³/mol. The lowest BCUT2D eigenvalue weighted by Gasteiger charge is -2.18. The molecule has 0 bridgehead atoms. The van der Waals surface area contributed by atoms with Gasteiger partial charge in [0.1, 0.15) is 11.8 Å². The summed E-state index contributed by atoms with van der Waals surface area (Å²) >= 11 is 0. The van der Waals surface area contributed by atoms with E-state index in [0.29, 0.717) is 18.6 Å². The molecule has 1 saturated heterocycles. The molecule has 1 fully saturated rings. The van der Waals surface area contributed by atoms with E-state index in [4.69, 9.17) is 4.74 Å². The minimum absolute atomic E-state index is 0.200. The Labute approximate surface area is 131 Å². The Kier molecular flexibility index (Phi) is 4.07.